The summed E-state index contributed by atoms with van der Waals surface area (Å²) < 4.78 is 42.1. The van der Waals surface area contributed by atoms with E-state index in [0.717, 1.165) is 19.1 Å². The molecular weight excluding hydrogens is 237 g/mol. The first-order chi connectivity index (χ1) is 6.77. The highest BCUT2D eigenvalue weighted by atomic mass is 32.8. The number of hydrogen-bond acceptors (Lipinski definition) is 4. The van der Waals surface area contributed by atoms with E-state index in [1.807, 2.05) is 0 Å². The van der Waals surface area contributed by atoms with E-state index in [1.54, 1.807) is 13.8 Å². The second-order valence-electron chi connectivity index (χ2n) is 4.02. The van der Waals surface area contributed by atoms with Crippen LogP contribution in [0.1, 0.15) is 26.7 Å². The summed E-state index contributed by atoms with van der Waals surface area (Å²) in [5.74, 6) is 0. The molecule has 0 aliphatic carbocycles. The van der Waals surface area contributed by atoms with Gasteiger partial charge in [-0.15, -0.1) is 0 Å². The molecule has 1 rings (SSSR count). The SMILES string of the molecule is CC(C)OP(=O)(N1CCCC1)S(C)(=O)=O. The molecule has 1 atom stereocenters. The molecule has 1 fully saturated rings. The molecule has 0 N–H and O–H groups in total. The first-order valence-electron chi connectivity index (χ1n) is 5.01. The minimum absolute atomic E-state index is 0.355. The van der Waals surface area contributed by atoms with Gasteiger partial charge in [-0.25, -0.2) is 13.1 Å². The third-order valence-corrected chi connectivity index (χ3v) is 8.28. The van der Waals surface area contributed by atoms with E-state index in [0.29, 0.717) is 13.1 Å². The Hall–Kier alpha value is 0.100. The normalized spacial score (nSPS) is 23.2. The standard InChI is InChI=1S/C8H18NO4PS/c1-8(2)13-14(10,15(3,11)12)9-6-4-5-7-9/h8H,4-7H2,1-3H3. The molecule has 0 spiro atoms. The molecule has 1 saturated heterocycles. The lowest BCUT2D eigenvalue weighted by Gasteiger charge is -2.26. The van der Waals surface area contributed by atoms with Crippen LogP contribution >= 0.6 is 6.72 Å². The molecule has 7 heteroatoms. The quantitative estimate of drug-likeness (QED) is 0.715. The second kappa shape index (κ2) is 4.53. The fourth-order valence-electron chi connectivity index (χ4n) is 1.57. The van der Waals surface area contributed by atoms with Gasteiger partial charge in [0.05, 0.1) is 6.10 Å². The highest BCUT2D eigenvalue weighted by molar-refractivity contribution is 8.49. The molecule has 5 nitrogen and oxygen atoms in total. The maximum Gasteiger partial charge on any atom is 0.384 e. The largest absolute Gasteiger partial charge is 0.384 e. The Morgan fingerprint density at radius 3 is 2.07 bits per heavy atom. The smallest absolute Gasteiger partial charge is 0.304 e. The molecule has 0 aromatic rings. The van der Waals surface area contributed by atoms with Gasteiger partial charge in [-0.05, 0) is 26.7 Å². The van der Waals surface area contributed by atoms with Crippen LogP contribution in [0.25, 0.3) is 0 Å². The molecule has 1 heterocycles. The third kappa shape index (κ3) is 2.81. The Bertz CT molecular complexity index is 359. The van der Waals surface area contributed by atoms with E-state index < -0.39 is 16.2 Å². The predicted molar refractivity (Wildman–Crippen MR) is 59.5 cm³/mol. The molecule has 15 heavy (non-hydrogen) atoms. The monoisotopic (exact) mass is 255 g/mol. The summed E-state index contributed by atoms with van der Waals surface area (Å²) in [6.07, 6.45) is 2.38. The van der Waals surface area contributed by atoms with Crippen molar-refractivity contribution in [2.24, 2.45) is 0 Å². The van der Waals surface area contributed by atoms with Crippen LogP contribution in [-0.2, 0) is 18.5 Å². The van der Waals surface area contributed by atoms with E-state index in [2.05, 4.69) is 0 Å². The first kappa shape index (κ1) is 13.2. The van der Waals surface area contributed by atoms with E-state index >= 15 is 0 Å². The van der Waals surface area contributed by atoms with Crippen LogP contribution in [0.2, 0.25) is 0 Å². The Morgan fingerprint density at radius 2 is 1.73 bits per heavy atom. The van der Waals surface area contributed by atoms with Crippen molar-refractivity contribution in [2.75, 3.05) is 19.3 Å². The third-order valence-electron chi connectivity index (χ3n) is 2.19. The highest BCUT2D eigenvalue weighted by Gasteiger charge is 2.44. The zero-order valence-corrected chi connectivity index (χ0v) is 11.1. The first-order valence-corrected chi connectivity index (χ1v) is 9.09. The summed E-state index contributed by atoms with van der Waals surface area (Å²) in [6, 6.07) is 0. The Kier molecular flexibility index (Phi) is 3.98. The lowest BCUT2D eigenvalue weighted by molar-refractivity contribution is 0.224. The summed E-state index contributed by atoms with van der Waals surface area (Å²) >= 11 is 0. The van der Waals surface area contributed by atoms with Crippen molar-refractivity contribution in [1.82, 2.24) is 4.67 Å². The average Bonchev–Trinajstić information content (AvgIpc) is 2.51. The summed E-state index contributed by atoms with van der Waals surface area (Å²) in [6.45, 7) is 0.753. The van der Waals surface area contributed by atoms with Gasteiger partial charge in [-0.1, -0.05) is 0 Å². The molecule has 0 radical (unpaired) electrons. The molecule has 0 amide bonds. The topological polar surface area (TPSA) is 63.7 Å². The van der Waals surface area contributed by atoms with Crippen LogP contribution in [0.4, 0.5) is 0 Å². The number of nitrogens with zero attached hydrogens (tertiary/aromatic N) is 1. The van der Waals surface area contributed by atoms with Gasteiger partial charge in [-0.2, -0.15) is 0 Å². The van der Waals surface area contributed by atoms with Crippen LogP contribution in [0.15, 0.2) is 0 Å². The Labute approximate surface area is 91.0 Å². The van der Waals surface area contributed by atoms with Crippen molar-refractivity contribution in [3.8, 4) is 0 Å². The van der Waals surface area contributed by atoms with Crippen molar-refractivity contribution in [3.05, 3.63) is 0 Å². The molecule has 1 aliphatic heterocycles. The van der Waals surface area contributed by atoms with Crippen molar-refractivity contribution in [2.45, 2.75) is 32.8 Å². The Balaban J connectivity index is 3.01. The van der Waals surface area contributed by atoms with Gasteiger partial charge in [0.1, 0.15) is 0 Å². The van der Waals surface area contributed by atoms with Crippen LogP contribution in [0.5, 0.6) is 0 Å². The summed E-state index contributed by atoms with van der Waals surface area (Å²) in [5.41, 5.74) is 0. The summed E-state index contributed by atoms with van der Waals surface area (Å²) in [5, 5.41) is 0. The van der Waals surface area contributed by atoms with Gasteiger partial charge in [0.25, 0.3) is 0 Å². The van der Waals surface area contributed by atoms with Crippen molar-refractivity contribution in [3.63, 3.8) is 0 Å². The lowest BCUT2D eigenvalue weighted by Crippen LogP contribution is -2.24. The van der Waals surface area contributed by atoms with Crippen molar-refractivity contribution < 1.29 is 17.5 Å². The van der Waals surface area contributed by atoms with Crippen molar-refractivity contribution >= 4 is 16.2 Å². The van der Waals surface area contributed by atoms with Gasteiger partial charge in [0, 0.05) is 19.3 Å². The minimum atomic E-state index is -3.70. The lowest BCUT2D eigenvalue weighted by atomic mass is 10.4. The molecule has 1 aliphatic rings. The van der Waals surface area contributed by atoms with E-state index in [9.17, 15) is 13.0 Å². The van der Waals surface area contributed by atoms with Gasteiger partial charge >= 0.3 is 6.72 Å². The Morgan fingerprint density at radius 1 is 1.27 bits per heavy atom. The van der Waals surface area contributed by atoms with Crippen LogP contribution < -0.4 is 0 Å². The molecule has 0 aromatic carbocycles. The van der Waals surface area contributed by atoms with Crippen molar-refractivity contribution in [1.29, 1.82) is 0 Å². The maximum atomic E-state index is 12.4. The van der Waals surface area contributed by atoms with Crippen LogP contribution in [-0.4, -0.2) is 38.5 Å². The fraction of sp³-hybridized carbons (Fsp3) is 1.00. The number of rotatable bonds is 4. The zero-order valence-electron chi connectivity index (χ0n) is 9.34. The second-order valence-corrected chi connectivity index (χ2v) is 10.6. The minimum Gasteiger partial charge on any atom is -0.304 e. The molecule has 0 bridgehead atoms. The molecule has 0 aromatic heterocycles. The molecule has 1 unspecified atom stereocenters. The van der Waals surface area contributed by atoms with Gasteiger partial charge in [-0.3, -0.25) is 4.57 Å². The van der Waals surface area contributed by atoms with Crippen LogP contribution in [0, 0.1) is 0 Å². The zero-order chi connectivity index (χ0) is 11.7. The van der Waals surface area contributed by atoms with Gasteiger partial charge in [0.15, 0.2) is 0 Å². The van der Waals surface area contributed by atoms with E-state index in [4.69, 9.17) is 4.52 Å². The van der Waals surface area contributed by atoms with Gasteiger partial charge < -0.3 is 4.52 Å². The number of hydrogen-bond donors (Lipinski definition) is 0. The molecule has 90 valence electrons. The van der Waals surface area contributed by atoms with E-state index in [1.165, 1.54) is 4.67 Å². The van der Waals surface area contributed by atoms with E-state index in [-0.39, 0.29) is 6.10 Å². The predicted octanol–water partition coefficient (Wildman–Crippen LogP) is 1.66. The summed E-state index contributed by atoms with van der Waals surface area (Å²) in [4.78, 5) is 0. The molecule has 0 saturated carbocycles. The maximum absolute atomic E-state index is 12.4. The average molecular weight is 255 g/mol. The van der Waals surface area contributed by atoms with Gasteiger partial charge in [0.2, 0.25) is 9.46 Å². The van der Waals surface area contributed by atoms with Crippen LogP contribution in [0.3, 0.4) is 0 Å². The highest BCUT2D eigenvalue weighted by Crippen LogP contribution is 2.58. The molecular formula is C8H18NO4PS. The fourth-order valence-corrected chi connectivity index (χ4v) is 6.31. The summed E-state index contributed by atoms with van der Waals surface area (Å²) in [7, 11) is -3.68.